The SMILES string of the molecule is S=C1OCCN1CN1CCOCC1. The van der Waals surface area contributed by atoms with Crippen LogP contribution in [0.4, 0.5) is 0 Å². The Bertz CT molecular complexity index is 195. The standard InChI is InChI=1S/C8H14N2O2S/c13-8-10(3-6-12-8)7-9-1-4-11-5-2-9/h1-7H2. The Hall–Kier alpha value is -0.390. The van der Waals surface area contributed by atoms with Crippen LogP contribution in [0.25, 0.3) is 0 Å². The molecule has 0 atom stereocenters. The lowest BCUT2D eigenvalue weighted by Gasteiger charge is -2.30. The summed E-state index contributed by atoms with van der Waals surface area (Å²) in [6, 6.07) is 0. The zero-order chi connectivity index (χ0) is 9.10. The van der Waals surface area contributed by atoms with Gasteiger partial charge in [0.15, 0.2) is 0 Å². The lowest BCUT2D eigenvalue weighted by atomic mass is 10.4. The van der Waals surface area contributed by atoms with E-state index in [1.165, 1.54) is 0 Å². The molecule has 2 heterocycles. The Morgan fingerprint density at radius 3 is 2.54 bits per heavy atom. The summed E-state index contributed by atoms with van der Waals surface area (Å²) in [5, 5.41) is 0.645. The minimum absolute atomic E-state index is 0.645. The van der Waals surface area contributed by atoms with E-state index in [2.05, 4.69) is 9.80 Å². The molecule has 0 aromatic heterocycles. The minimum atomic E-state index is 0.645. The molecule has 0 unspecified atom stereocenters. The molecule has 0 spiro atoms. The van der Waals surface area contributed by atoms with Gasteiger partial charge in [0, 0.05) is 13.1 Å². The van der Waals surface area contributed by atoms with Gasteiger partial charge >= 0.3 is 0 Å². The molecule has 4 nitrogen and oxygen atoms in total. The Labute approximate surface area is 83.4 Å². The van der Waals surface area contributed by atoms with Gasteiger partial charge in [-0.3, -0.25) is 4.90 Å². The predicted octanol–water partition coefficient (Wildman–Crippen LogP) is -0.107. The molecular weight excluding hydrogens is 188 g/mol. The van der Waals surface area contributed by atoms with Gasteiger partial charge in [-0.15, -0.1) is 0 Å². The Morgan fingerprint density at radius 1 is 1.15 bits per heavy atom. The van der Waals surface area contributed by atoms with Gasteiger partial charge < -0.3 is 14.4 Å². The summed E-state index contributed by atoms with van der Waals surface area (Å²) in [6.45, 7) is 6.22. The number of hydrogen-bond donors (Lipinski definition) is 0. The third-order valence-electron chi connectivity index (χ3n) is 2.32. The molecule has 2 rings (SSSR count). The van der Waals surface area contributed by atoms with E-state index >= 15 is 0 Å². The molecule has 0 bridgehead atoms. The average molecular weight is 202 g/mol. The van der Waals surface area contributed by atoms with Crippen molar-refractivity contribution in [3.63, 3.8) is 0 Å². The van der Waals surface area contributed by atoms with E-state index in [4.69, 9.17) is 21.7 Å². The molecule has 2 saturated heterocycles. The van der Waals surface area contributed by atoms with Gasteiger partial charge in [0.25, 0.3) is 5.17 Å². The molecule has 0 N–H and O–H groups in total. The van der Waals surface area contributed by atoms with Crippen LogP contribution in [0.1, 0.15) is 0 Å². The third-order valence-corrected chi connectivity index (χ3v) is 2.70. The van der Waals surface area contributed by atoms with Gasteiger partial charge in [-0.2, -0.15) is 0 Å². The summed E-state index contributed by atoms with van der Waals surface area (Å²) in [6.07, 6.45) is 0. The van der Waals surface area contributed by atoms with Crippen LogP contribution in [0.3, 0.4) is 0 Å². The summed E-state index contributed by atoms with van der Waals surface area (Å²) >= 11 is 5.05. The topological polar surface area (TPSA) is 24.9 Å². The van der Waals surface area contributed by atoms with Crippen LogP contribution in [-0.2, 0) is 9.47 Å². The lowest BCUT2D eigenvalue weighted by molar-refractivity contribution is 0.0230. The van der Waals surface area contributed by atoms with Crippen LogP contribution in [0, 0.1) is 0 Å². The number of rotatable bonds is 2. The quantitative estimate of drug-likeness (QED) is 0.582. The second-order valence-corrected chi connectivity index (χ2v) is 3.60. The number of ether oxygens (including phenoxy) is 2. The normalized spacial score (nSPS) is 24.9. The third kappa shape index (κ3) is 2.30. The van der Waals surface area contributed by atoms with Gasteiger partial charge in [-0.25, -0.2) is 0 Å². The highest BCUT2D eigenvalue weighted by molar-refractivity contribution is 7.80. The smallest absolute Gasteiger partial charge is 0.260 e. The van der Waals surface area contributed by atoms with Gasteiger partial charge in [0.1, 0.15) is 6.61 Å². The van der Waals surface area contributed by atoms with Gasteiger partial charge in [0.05, 0.1) is 26.4 Å². The van der Waals surface area contributed by atoms with Gasteiger partial charge in [0.2, 0.25) is 0 Å². The molecule has 0 saturated carbocycles. The van der Waals surface area contributed by atoms with Crippen molar-refractivity contribution in [2.24, 2.45) is 0 Å². The van der Waals surface area contributed by atoms with E-state index in [0.717, 1.165) is 46.1 Å². The maximum Gasteiger partial charge on any atom is 0.260 e. The largest absolute Gasteiger partial charge is 0.469 e. The van der Waals surface area contributed by atoms with Crippen LogP contribution in [0.5, 0.6) is 0 Å². The van der Waals surface area contributed by atoms with E-state index < -0.39 is 0 Å². The van der Waals surface area contributed by atoms with Crippen molar-refractivity contribution in [1.29, 1.82) is 0 Å². The monoisotopic (exact) mass is 202 g/mol. The van der Waals surface area contributed by atoms with Gasteiger partial charge in [-0.05, 0) is 12.2 Å². The first-order valence-corrected chi connectivity index (χ1v) is 4.99. The van der Waals surface area contributed by atoms with E-state index in [9.17, 15) is 0 Å². The molecular formula is C8H14N2O2S. The maximum atomic E-state index is 5.27. The van der Waals surface area contributed by atoms with Crippen molar-refractivity contribution in [2.75, 3.05) is 46.1 Å². The molecule has 13 heavy (non-hydrogen) atoms. The Kier molecular flexibility index (Phi) is 2.97. The van der Waals surface area contributed by atoms with Crippen LogP contribution in [0.2, 0.25) is 0 Å². The molecule has 2 aliphatic heterocycles. The first kappa shape index (κ1) is 9.18. The van der Waals surface area contributed by atoms with Crippen molar-refractivity contribution < 1.29 is 9.47 Å². The summed E-state index contributed by atoms with van der Waals surface area (Å²) < 4.78 is 10.5. The zero-order valence-electron chi connectivity index (χ0n) is 7.57. The highest BCUT2D eigenvalue weighted by Crippen LogP contribution is 2.06. The molecule has 0 amide bonds. The molecule has 74 valence electrons. The number of thiocarbonyl (C=S) groups is 1. The fourth-order valence-electron chi connectivity index (χ4n) is 1.54. The number of hydrogen-bond acceptors (Lipinski definition) is 4. The van der Waals surface area contributed by atoms with Crippen LogP contribution < -0.4 is 0 Å². The molecule has 0 aromatic rings. The van der Waals surface area contributed by atoms with Crippen LogP contribution >= 0.6 is 12.2 Å². The van der Waals surface area contributed by atoms with E-state index in [1.54, 1.807) is 0 Å². The number of morpholine rings is 1. The van der Waals surface area contributed by atoms with Crippen LogP contribution in [-0.4, -0.2) is 61.1 Å². The molecule has 0 radical (unpaired) electrons. The van der Waals surface area contributed by atoms with E-state index in [-0.39, 0.29) is 0 Å². The van der Waals surface area contributed by atoms with Crippen LogP contribution in [0.15, 0.2) is 0 Å². The lowest BCUT2D eigenvalue weighted by Crippen LogP contribution is -2.44. The summed E-state index contributed by atoms with van der Waals surface area (Å²) in [5.74, 6) is 0. The van der Waals surface area contributed by atoms with E-state index in [0.29, 0.717) is 5.17 Å². The summed E-state index contributed by atoms with van der Waals surface area (Å²) in [4.78, 5) is 4.44. The average Bonchev–Trinajstić information content (AvgIpc) is 2.54. The van der Waals surface area contributed by atoms with Crippen molar-refractivity contribution in [2.45, 2.75) is 0 Å². The molecule has 2 fully saturated rings. The minimum Gasteiger partial charge on any atom is -0.469 e. The first-order valence-electron chi connectivity index (χ1n) is 4.58. The first-order chi connectivity index (χ1) is 6.36. The maximum absolute atomic E-state index is 5.27. The second kappa shape index (κ2) is 4.21. The van der Waals surface area contributed by atoms with Gasteiger partial charge in [-0.1, -0.05) is 0 Å². The molecule has 2 aliphatic rings. The fraction of sp³-hybridized carbons (Fsp3) is 0.875. The number of nitrogens with zero attached hydrogens (tertiary/aromatic N) is 2. The predicted molar refractivity (Wildman–Crippen MR) is 52.5 cm³/mol. The molecule has 5 heteroatoms. The zero-order valence-corrected chi connectivity index (χ0v) is 8.39. The summed E-state index contributed by atoms with van der Waals surface area (Å²) in [5.41, 5.74) is 0. The van der Waals surface area contributed by atoms with Crippen molar-refractivity contribution in [3.8, 4) is 0 Å². The second-order valence-electron chi connectivity index (χ2n) is 3.25. The summed E-state index contributed by atoms with van der Waals surface area (Å²) in [7, 11) is 0. The highest BCUT2D eigenvalue weighted by Gasteiger charge is 2.21. The Balaban J connectivity index is 1.79. The molecule has 0 aliphatic carbocycles. The van der Waals surface area contributed by atoms with Crippen molar-refractivity contribution >= 4 is 17.4 Å². The van der Waals surface area contributed by atoms with E-state index in [1.807, 2.05) is 0 Å². The highest BCUT2D eigenvalue weighted by atomic mass is 32.1. The van der Waals surface area contributed by atoms with Crippen molar-refractivity contribution in [1.82, 2.24) is 9.80 Å². The molecule has 0 aromatic carbocycles. The van der Waals surface area contributed by atoms with Crippen molar-refractivity contribution in [3.05, 3.63) is 0 Å². The fourth-order valence-corrected chi connectivity index (χ4v) is 1.77. The Morgan fingerprint density at radius 2 is 1.92 bits per heavy atom.